The Kier molecular flexibility index (Phi) is 5.65. The quantitative estimate of drug-likeness (QED) is 0.318. The Morgan fingerprint density at radius 3 is 2.08 bits per heavy atom. The first-order valence-corrected chi connectivity index (χ1v) is 9.19. The highest BCUT2D eigenvalue weighted by Gasteiger charge is 2.11. The van der Waals surface area contributed by atoms with Gasteiger partial charge in [-0.1, -0.05) is 85.9 Å². The van der Waals surface area contributed by atoms with Crippen LogP contribution in [0.1, 0.15) is 36.1 Å². The third-order valence-corrected chi connectivity index (χ3v) is 4.68. The van der Waals surface area contributed by atoms with Crippen LogP contribution in [0.5, 0.6) is 5.75 Å². The predicted octanol–water partition coefficient (Wildman–Crippen LogP) is 6.53. The van der Waals surface area contributed by atoms with E-state index in [0.717, 1.165) is 34.2 Å². The van der Waals surface area contributed by atoms with Gasteiger partial charge in [0.2, 0.25) is 0 Å². The van der Waals surface area contributed by atoms with Gasteiger partial charge in [-0.05, 0) is 53.3 Å². The van der Waals surface area contributed by atoms with Crippen molar-refractivity contribution in [1.29, 1.82) is 0 Å². The summed E-state index contributed by atoms with van der Waals surface area (Å²) >= 11 is 5.30. The third kappa shape index (κ3) is 4.09. The molecule has 0 saturated carbocycles. The maximum absolute atomic E-state index is 10.4. The Bertz CT molecular complexity index is 938. The van der Waals surface area contributed by atoms with E-state index in [0.29, 0.717) is 10.6 Å². The van der Waals surface area contributed by atoms with E-state index in [1.165, 1.54) is 5.56 Å². The number of phenolic OH excluding ortho intramolecular Hbond substituents is 1. The van der Waals surface area contributed by atoms with Crippen molar-refractivity contribution in [1.82, 2.24) is 0 Å². The van der Waals surface area contributed by atoms with Crippen molar-refractivity contribution in [3.63, 3.8) is 0 Å². The summed E-state index contributed by atoms with van der Waals surface area (Å²) in [7, 11) is 0. The maximum Gasteiger partial charge on any atom is 0.127 e. The summed E-state index contributed by atoms with van der Waals surface area (Å²) in [5, 5.41) is 10.4. The van der Waals surface area contributed by atoms with Crippen molar-refractivity contribution in [3.05, 3.63) is 89.0 Å². The molecule has 0 bridgehead atoms. The van der Waals surface area contributed by atoms with Gasteiger partial charge in [-0.15, -0.1) is 0 Å². The van der Waals surface area contributed by atoms with Gasteiger partial charge in [0.1, 0.15) is 5.75 Å². The SMILES string of the molecule is CCc1cc(-c2ccc(/C=C/c3ccccc3)cc2)cc(C(C)=S)c1O. The lowest BCUT2D eigenvalue weighted by Gasteiger charge is -2.12. The van der Waals surface area contributed by atoms with E-state index in [1.807, 2.05) is 44.2 Å². The predicted molar refractivity (Wildman–Crippen MR) is 116 cm³/mol. The molecule has 0 aliphatic rings. The first-order chi connectivity index (χ1) is 12.6. The maximum atomic E-state index is 10.4. The molecule has 0 radical (unpaired) electrons. The molecule has 0 saturated heterocycles. The largest absolute Gasteiger partial charge is 0.507 e. The molecule has 3 aromatic rings. The number of phenols is 1. The van der Waals surface area contributed by atoms with E-state index >= 15 is 0 Å². The van der Waals surface area contributed by atoms with Crippen LogP contribution >= 0.6 is 12.2 Å². The van der Waals surface area contributed by atoms with Crippen molar-refractivity contribution in [2.75, 3.05) is 0 Å². The van der Waals surface area contributed by atoms with Crippen molar-refractivity contribution in [2.24, 2.45) is 0 Å². The smallest absolute Gasteiger partial charge is 0.127 e. The van der Waals surface area contributed by atoms with Gasteiger partial charge in [-0.2, -0.15) is 0 Å². The second-order valence-electron chi connectivity index (χ2n) is 6.31. The average molecular weight is 359 g/mol. The molecule has 0 fully saturated rings. The van der Waals surface area contributed by atoms with Gasteiger partial charge in [0.25, 0.3) is 0 Å². The molecule has 1 N–H and O–H groups in total. The zero-order chi connectivity index (χ0) is 18.5. The summed E-state index contributed by atoms with van der Waals surface area (Å²) in [6, 6.07) is 22.7. The van der Waals surface area contributed by atoms with Crippen molar-refractivity contribution in [3.8, 4) is 16.9 Å². The average Bonchev–Trinajstić information content (AvgIpc) is 2.67. The standard InChI is InChI=1S/C24H22OS/c1-3-20-15-22(16-23(17(2)26)24(20)25)21-13-11-19(12-14-21)10-9-18-7-5-4-6-8-18/h4-16,25H,3H2,1-2H3/b10-9+. The summed E-state index contributed by atoms with van der Waals surface area (Å²) in [5.74, 6) is 0.311. The number of aryl methyl sites for hydroxylation is 1. The Hall–Kier alpha value is -2.71. The fraction of sp³-hybridized carbons (Fsp3) is 0.125. The zero-order valence-electron chi connectivity index (χ0n) is 15.1. The number of thiocarbonyl (C=S) groups is 1. The molecule has 3 rings (SSSR count). The van der Waals surface area contributed by atoms with Gasteiger partial charge in [0, 0.05) is 10.4 Å². The number of hydrogen-bond acceptors (Lipinski definition) is 2. The summed E-state index contributed by atoms with van der Waals surface area (Å²) in [6.07, 6.45) is 4.99. The minimum Gasteiger partial charge on any atom is -0.507 e. The van der Waals surface area contributed by atoms with Crippen molar-refractivity contribution < 1.29 is 5.11 Å². The minimum absolute atomic E-state index is 0.311. The van der Waals surface area contributed by atoms with Crippen molar-refractivity contribution >= 4 is 29.2 Å². The fourth-order valence-electron chi connectivity index (χ4n) is 2.94. The molecule has 0 amide bonds. The molecule has 0 aromatic heterocycles. The highest BCUT2D eigenvalue weighted by Crippen LogP contribution is 2.31. The van der Waals surface area contributed by atoms with Crippen LogP contribution in [0.15, 0.2) is 66.7 Å². The zero-order valence-corrected chi connectivity index (χ0v) is 15.9. The molecule has 0 unspecified atom stereocenters. The van der Waals surface area contributed by atoms with Crippen LogP contribution in [-0.4, -0.2) is 9.97 Å². The number of hydrogen-bond donors (Lipinski definition) is 1. The van der Waals surface area contributed by atoms with Gasteiger partial charge in [-0.3, -0.25) is 0 Å². The summed E-state index contributed by atoms with van der Waals surface area (Å²) in [5.41, 5.74) is 6.21. The van der Waals surface area contributed by atoms with E-state index in [9.17, 15) is 5.11 Å². The molecule has 1 nitrogen and oxygen atoms in total. The van der Waals surface area contributed by atoms with Crippen LogP contribution in [0, 0.1) is 0 Å². The third-order valence-electron chi connectivity index (χ3n) is 4.46. The lowest BCUT2D eigenvalue weighted by Crippen LogP contribution is -1.96. The van der Waals surface area contributed by atoms with Crippen molar-refractivity contribution in [2.45, 2.75) is 20.3 Å². The molecular formula is C24H22OS. The molecule has 0 aliphatic heterocycles. The Labute approximate surface area is 160 Å². The normalized spacial score (nSPS) is 11.0. The molecule has 0 heterocycles. The highest BCUT2D eigenvalue weighted by molar-refractivity contribution is 7.80. The molecule has 0 spiro atoms. The molecular weight excluding hydrogens is 336 g/mol. The van der Waals surface area contributed by atoms with E-state index in [4.69, 9.17) is 12.2 Å². The lowest BCUT2D eigenvalue weighted by atomic mass is 9.95. The van der Waals surface area contributed by atoms with Gasteiger partial charge < -0.3 is 5.11 Å². The van der Waals surface area contributed by atoms with Crippen LogP contribution in [0.2, 0.25) is 0 Å². The molecule has 130 valence electrons. The van der Waals surface area contributed by atoms with Gasteiger partial charge in [0.05, 0.1) is 0 Å². The van der Waals surface area contributed by atoms with E-state index in [-0.39, 0.29) is 0 Å². The monoisotopic (exact) mass is 358 g/mol. The minimum atomic E-state index is 0.311. The summed E-state index contributed by atoms with van der Waals surface area (Å²) in [4.78, 5) is 0.710. The van der Waals surface area contributed by atoms with Crippen LogP contribution in [-0.2, 0) is 6.42 Å². The number of rotatable bonds is 5. The second kappa shape index (κ2) is 8.11. The molecule has 2 heteroatoms. The van der Waals surface area contributed by atoms with E-state index < -0.39 is 0 Å². The summed E-state index contributed by atoms with van der Waals surface area (Å²) in [6.45, 7) is 3.89. The first-order valence-electron chi connectivity index (χ1n) is 8.79. The summed E-state index contributed by atoms with van der Waals surface area (Å²) < 4.78 is 0. The molecule has 3 aromatic carbocycles. The Morgan fingerprint density at radius 2 is 1.50 bits per heavy atom. The molecule has 0 aliphatic carbocycles. The first kappa shape index (κ1) is 18.1. The van der Waals surface area contributed by atoms with Gasteiger partial charge in [-0.25, -0.2) is 0 Å². The molecule has 26 heavy (non-hydrogen) atoms. The highest BCUT2D eigenvalue weighted by atomic mass is 32.1. The Balaban J connectivity index is 1.90. The lowest BCUT2D eigenvalue weighted by molar-refractivity contribution is 0.468. The number of benzene rings is 3. The van der Waals surface area contributed by atoms with Gasteiger partial charge in [0.15, 0.2) is 0 Å². The van der Waals surface area contributed by atoms with Crippen LogP contribution in [0.25, 0.3) is 23.3 Å². The van der Waals surface area contributed by atoms with Crippen LogP contribution in [0.3, 0.4) is 0 Å². The van der Waals surface area contributed by atoms with Crippen LogP contribution in [0.4, 0.5) is 0 Å². The fourth-order valence-corrected chi connectivity index (χ4v) is 3.10. The molecule has 0 atom stereocenters. The van der Waals surface area contributed by atoms with Crippen LogP contribution < -0.4 is 0 Å². The van der Waals surface area contributed by atoms with E-state index in [2.05, 4.69) is 48.6 Å². The topological polar surface area (TPSA) is 20.2 Å². The Morgan fingerprint density at radius 1 is 0.885 bits per heavy atom. The van der Waals surface area contributed by atoms with Gasteiger partial charge >= 0.3 is 0 Å². The number of aromatic hydroxyl groups is 1. The second-order valence-corrected chi connectivity index (χ2v) is 6.92. The van der Waals surface area contributed by atoms with E-state index in [1.54, 1.807) is 0 Å².